The van der Waals surface area contributed by atoms with Gasteiger partial charge in [0.1, 0.15) is 0 Å². The van der Waals surface area contributed by atoms with Crippen LogP contribution in [-0.4, -0.2) is 47.5 Å². The first-order valence-electron chi connectivity index (χ1n) is 11.6. The number of hydrogen-bond acceptors (Lipinski definition) is 4. The molecule has 0 N–H and O–H groups in total. The zero-order valence-corrected chi connectivity index (χ0v) is 20.0. The van der Waals surface area contributed by atoms with E-state index < -0.39 is 0 Å². The maximum absolute atomic E-state index is 13.2. The van der Waals surface area contributed by atoms with E-state index >= 15 is 0 Å². The molecule has 36 heavy (non-hydrogen) atoms. The molecule has 172 valence electrons. The molecule has 0 saturated heterocycles. The van der Waals surface area contributed by atoms with Crippen LogP contribution in [0.25, 0.3) is 43.1 Å². The third-order valence-corrected chi connectivity index (χ3v) is 7.70. The Labute approximate surface area is 205 Å². The van der Waals surface area contributed by atoms with Crippen molar-refractivity contribution in [1.29, 1.82) is 0 Å². The number of amides is 4. The lowest BCUT2D eigenvalue weighted by molar-refractivity contribution is 0.0635. The maximum Gasteiger partial charge on any atom is 0.261 e. The van der Waals surface area contributed by atoms with E-state index in [1.807, 2.05) is 25.1 Å². The molecule has 6 heteroatoms. The molecule has 0 aliphatic carbocycles. The summed E-state index contributed by atoms with van der Waals surface area (Å²) in [6.45, 7) is 3.68. The molecule has 0 atom stereocenters. The minimum absolute atomic E-state index is 0.330. The van der Waals surface area contributed by atoms with Gasteiger partial charge < -0.3 is 0 Å². The van der Waals surface area contributed by atoms with Crippen molar-refractivity contribution in [3.05, 3.63) is 69.8 Å². The molecule has 0 spiro atoms. The highest BCUT2D eigenvalue weighted by Crippen LogP contribution is 2.48. The lowest BCUT2D eigenvalue weighted by Gasteiger charge is -2.29. The SMILES string of the molecule is CC#Cc1cc2c3c(ccc4c5c(C)cc6c7c(ccc(c1c34)c75)C(=O)N(C)C6=O)C(=O)N(C)C2=O. The summed E-state index contributed by atoms with van der Waals surface area (Å²) in [5.41, 5.74) is 3.45. The number of nitrogens with zero attached hydrogens (tertiary/aromatic N) is 2. The Hall–Kier alpha value is -4.76. The summed E-state index contributed by atoms with van der Waals surface area (Å²) in [4.78, 5) is 54.8. The largest absolute Gasteiger partial charge is 0.277 e. The first kappa shape index (κ1) is 20.6. The molecular formula is C30H18N2O4. The second-order valence-corrected chi connectivity index (χ2v) is 9.50. The quantitative estimate of drug-likeness (QED) is 0.140. The lowest BCUT2D eigenvalue weighted by atomic mass is 9.79. The van der Waals surface area contributed by atoms with Gasteiger partial charge >= 0.3 is 0 Å². The third-order valence-electron chi connectivity index (χ3n) is 7.70. The van der Waals surface area contributed by atoms with Crippen LogP contribution in [0.4, 0.5) is 0 Å². The molecule has 2 aliphatic rings. The summed E-state index contributed by atoms with van der Waals surface area (Å²) in [5, 5.41) is 6.33. The van der Waals surface area contributed by atoms with Crippen molar-refractivity contribution < 1.29 is 19.2 Å². The molecule has 0 saturated carbocycles. The summed E-state index contributed by atoms with van der Waals surface area (Å²) >= 11 is 0. The smallest absolute Gasteiger partial charge is 0.261 e. The predicted octanol–water partition coefficient (Wildman–Crippen LogP) is 4.87. The molecule has 5 aromatic rings. The summed E-state index contributed by atoms with van der Waals surface area (Å²) in [6.07, 6.45) is 0. The van der Waals surface area contributed by atoms with Gasteiger partial charge in [0.05, 0.1) is 0 Å². The van der Waals surface area contributed by atoms with Crippen molar-refractivity contribution in [2.24, 2.45) is 0 Å². The Morgan fingerprint density at radius 3 is 1.61 bits per heavy atom. The zero-order chi connectivity index (χ0) is 25.2. The van der Waals surface area contributed by atoms with Crippen molar-refractivity contribution in [3.8, 4) is 11.8 Å². The van der Waals surface area contributed by atoms with Crippen LogP contribution in [0.1, 0.15) is 59.5 Å². The number of carbonyl (C=O) groups excluding carboxylic acids is 4. The van der Waals surface area contributed by atoms with Crippen LogP contribution < -0.4 is 0 Å². The summed E-state index contributed by atoms with van der Waals surface area (Å²) in [5.74, 6) is 4.76. The van der Waals surface area contributed by atoms with Crippen LogP contribution in [-0.2, 0) is 0 Å². The van der Waals surface area contributed by atoms with Crippen molar-refractivity contribution in [2.75, 3.05) is 14.1 Å². The fourth-order valence-electron chi connectivity index (χ4n) is 6.14. The topological polar surface area (TPSA) is 74.8 Å². The van der Waals surface area contributed by atoms with E-state index in [4.69, 9.17) is 0 Å². The van der Waals surface area contributed by atoms with E-state index in [0.29, 0.717) is 38.6 Å². The molecule has 0 unspecified atom stereocenters. The van der Waals surface area contributed by atoms with E-state index in [1.54, 1.807) is 25.1 Å². The van der Waals surface area contributed by atoms with Crippen molar-refractivity contribution in [3.63, 3.8) is 0 Å². The van der Waals surface area contributed by atoms with Gasteiger partial charge in [-0.05, 0) is 65.2 Å². The number of fused-ring (bicyclic) bond motifs is 2. The average molecular weight is 470 g/mol. The number of hydrogen-bond donors (Lipinski definition) is 0. The number of benzene rings is 5. The van der Waals surface area contributed by atoms with Gasteiger partial charge in [-0.25, -0.2) is 0 Å². The second-order valence-electron chi connectivity index (χ2n) is 9.50. The van der Waals surface area contributed by atoms with Crippen LogP contribution in [0.15, 0.2) is 36.4 Å². The number of imide groups is 2. The molecule has 0 radical (unpaired) electrons. The van der Waals surface area contributed by atoms with Gasteiger partial charge in [-0.15, -0.1) is 5.92 Å². The molecule has 7 rings (SSSR count). The number of rotatable bonds is 0. The maximum atomic E-state index is 13.2. The van der Waals surface area contributed by atoms with Crippen LogP contribution in [0.3, 0.4) is 0 Å². The van der Waals surface area contributed by atoms with Gasteiger partial charge in [-0.2, -0.15) is 0 Å². The summed E-state index contributed by atoms with van der Waals surface area (Å²) in [7, 11) is 2.99. The van der Waals surface area contributed by atoms with E-state index in [9.17, 15) is 19.2 Å². The van der Waals surface area contributed by atoms with E-state index in [1.165, 1.54) is 14.1 Å². The highest BCUT2D eigenvalue weighted by molar-refractivity contribution is 6.42. The standard InChI is InChI=1S/C30H18N2O4/c1-5-6-14-12-20-24-18(28(34)32(4)30(20)36)9-7-15-21-13(2)11-19-23-17(27(33)31(3)29(19)35)10-8-16(25(21)23)22(14)26(15)24/h7-12H,1-4H3. The molecule has 2 heterocycles. The molecule has 0 bridgehead atoms. The lowest BCUT2D eigenvalue weighted by Crippen LogP contribution is -2.37. The number of carbonyl (C=O) groups is 4. The van der Waals surface area contributed by atoms with Gasteiger partial charge in [-0.3, -0.25) is 29.0 Å². The zero-order valence-electron chi connectivity index (χ0n) is 20.0. The van der Waals surface area contributed by atoms with Crippen LogP contribution in [0.5, 0.6) is 0 Å². The Morgan fingerprint density at radius 1 is 0.583 bits per heavy atom. The first-order valence-corrected chi connectivity index (χ1v) is 11.6. The predicted molar refractivity (Wildman–Crippen MR) is 138 cm³/mol. The normalized spacial score (nSPS) is 15.1. The van der Waals surface area contributed by atoms with Crippen molar-refractivity contribution in [2.45, 2.75) is 13.8 Å². The highest BCUT2D eigenvalue weighted by Gasteiger charge is 2.35. The Kier molecular flexibility index (Phi) is 3.70. The molecule has 6 nitrogen and oxygen atoms in total. The highest BCUT2D eigenvalue weighted by atomic mass is 16.2. The van der Waals surface area contributed by atoms with Crippen LogP contribution in [0, 0.1) is 18.8 Å². The molecule has 0 fully saturated rings. The van der Waals surface area contributed by atoms with Gasteiger partial charge in [0.15, 0.2) is 0 Å². The molecule has 5 aromatic carbocycles. The Bertz CT molecular complexity index is 2020. The van der Waals surface area contributed by atoms with E-state index in [0.717, 1.165) is 47.7 Å². The minimum Gasteiger partial charge on any atom is -0.277 e. The van der Waals surface area contributed by atoms with Crippen molar-refractivity contribution >= 4 is 66.7 Å². The minimum atomic E-state index is -0.359. The average Bonchev–Trinajstić information content (AvgIpc) is 2.88. The van der Waals surface area contributed by atoms with Gasteiger partial charge in [0.25, 0.3) is 23.6 Å². The van der Waals surface area contributed by atoms with Crippen LogP contribution in [0.2, 0.25) is 0 Å². The van der Waals surface area contributed by atoms with Crippen molar-refractivity contribution in [1.82, 2.24) is 9.80 Å². The molecule has 2 aliphatic heterocycles. The molecule has 0 aromatic heterocycles. The fourth-order valence-corrected chi connectivity index (χ4v) is 6.14. The van der Waals surface area contributed by atoms with Crippen LogP contribution >= 0.6 is 0 Å². The number of aryl methyl sites for hydroxylation is 1. The molecular weight excluding hydrogens is 452 g/mol. The van der Waals surface area contributed by atoms with Gasteiger partial charge in [0, 0.05) is 63.5 Å². The third kappa shape index (κ3) is 2.15. The Morgan fingerprint density at radius 2 is 1.06 bits per heavy atom. The van der Waals surface area contributed by atoms with Gasteiger partial charge in [-0.1, -0.05) is 18.1 Å². The van der Waals surface area contributed by atoms with E-state index in [2.05, 4.69) is 11.8 Å². The Balaban J connectivity index is 1.85. The molecule has 4 amide bonds. The monoisotopic (exact) mass is 470 g/mol. The summed E-state index contributed by atoms with van der Waals surface area (Å²) in [6, 6.07) is 11.0. The second kappa shape index (κ2) is 6.46. The van der Waals surface area contributed by atoms with E-state index in [-0.39, 0.29) is 23.6 Å². The summed E-state index contributed by atoms with van der Waals surface area (Å²) < 4.78 is 0. The first-order chi connectivity index (χ1) is 17.3. The van der Waals surface area contributed by atoms with Gasteiger partial charge in [0.2, 0.25) is 0 Å². The fraction of sp³-hybridized carbons (Fsp3) is 0.133.